The second-order valence-electron chi connectivity index (χ2n) is 8.34. The predicted molar refractivity (Wildman–Crippen MR) is 130 cm³/mol. The lowest BCUT2D eigenvalue weighted by Gasteiger charge is -2.38. The predicted octanol–water partition coefficient (Wildman–Crippen LogP) is 1.78. The minimum Gasteiger partial charge on any atom is -0.378 e. The van der Waals surface area contributed by atoms with E-state index in [-0.39, 0.29) is 28.4 Å². The first-order valence-electron chi connectivity index (χ1n) is 11.4. The lowest BCUT2D eigenvalue weighted by molar-refractivity contribution is 0.122. The molecule has 0 radical (unpaired) electrons. The molecule has 0 atom stereocenters. The van der Waals surface area contributed by atoms with Gasteiger partial charge >= 0.3 is 0 Å². The maximum atomic E-state index is 14.4. The summed E-state index contributed by atoms with van der Waals surface area (Å²) in [5.74, 6) is -0.370. The van der Waals surface area contributed by atoms with E-state index in [0.29, 0.717) is 70.3 Å². The molecule has 2 aliphatic rings. The van der Waals surface area contributed by atoms with Gasteiger partial charge in [0.15, 0.2) is 0 Å². The molecule has 0 amide bonds. The number of benzene rings is 1. The molecular weight excluding hydrogens is 485 g/mol. The highest BCUT2D eigenvalue weighted by molar-refractivity contribution is 7.89. The van der Waals surface area contributed by atoms with E-state index in [9.17, 15) is 17.6 Å². The van der Waals surface area contributed by atoms with Crippen LogP contribution in [0.3, 0.4) is 0 Å². The maximum Gasteiger partial charge on any atom is 0.292 e. The van der Waals surface area contributed by atoms with Gasteiger partial charge in [0.1, 0.15) is 11.5 Å². The van der Waals surface area contributed by atoms with Crippen LogP contribution in [0.2, 0.25) is 5.02 Å². The van der Waals surface area contributed by atoms with E-state index in [1.165, 1.54) is 21.1 Å². The first-order valence-corrected chi connectivity index (χ1v) is 13.4. The number of sulfonamides is 1. The summed E-state index contributed by atoms with van der Waals surface area (Å²) in [4.78, 5) is 17.5. The third-order valence-corrected chi connectivity index (χ3v) is 8.56. The zero-order chi connectivity index (χ0) is 24.3. The van der Waals surface area contributed by atoms with Gasteiger partial charge in [0.2, 0.25) is 10.0 Å². The van der Waals surface area contributed by atoms with E-state index >= 15 is 0 Å². The van der Waals surface area contributed by atoms with Gasteiger partial charge in [0, 0.05) is 49.9 Å². The van der Waals surface area contributed by atoms with Gasteiger partial charge in [0.25, 0.3) is 5.56 Å². The van der Waals surface area contributed by atoms with Crippen LogP contribution >= 0.6 is 11.6 Å². The summed E-state index contributed by atoms with van der Waals surface area (Å²) >= 11 is 6.17. The van der Waals surface area contributed by atoms with Gasteiger partial charge in [-0.3, -0.25) is 4.79 Å². The number of halogens is 2. The van der Waals surface area contributed by atoms with Crippen molar-refractivity contribution in [3.63, 3.8) is 0 Å². The van der Waals surface area contributed by atoms with E-state index in [4.69, 9.17) is 16.3 Å². The van der Waals surface area contributed by atoms with Gasteiger partial charge in [-0.25, -0.2) is 17.5 Å². The number of anilines is 2. The fraction of sp³-hybridized carbons (Fsp3) is 0.545. The fourth-order valence-electron chi connectivity index (χ4n) is 4.33. The molecule has 186 valence electrons. The van der Waals surface area contributed by atoms with Crippen molar-refractivity contribution < 1.29 is 17.5 Å². The minimum atomic E-state index is -3.28. The van der Waals surface area contributed by atoms with Gasteiger partial charge in [-0.1, -0.05) is 24.6 Å². The summed E-state index contributed by atoms with van der Waals surface area (Å²) < 4.78 is 47.5. The Labute approximate surface area is 203 Å². The Balaban J connectivity index is 1.65. The number of piperazine rings is 1. The largest absolute Gasteiger partial charge is 0.378 e. The fourth-order valence-corrected chi connectivity index (χ4v) is 6.04. The zero-order valence-corrected chi connectivity index (χ0v) is 20.7. The minimum absolute atomic E-state index is 0.0923. The van der Waals surface area contributed by atoms with Gasteiger partial charge in [-0.15, -0.1) is 0 Å². The number of hydrogen-bond donors (Lipinski definition) is 0. The van der Waals surface area contributed by atoms with Gasteiger partial charge in [-0.05, 0) is 18.6 Å². The molecule has 34 heavy (non-hydrogen) atoms. The average Bonchev–Trinajstić information content (AvgIpc) is 2.83. The molecule has 1 aromatic carbocycles. The molecule has 0 aliphatic carbocycles. The van der Waals surface area contributed by atoms with Gasteiger partial charge in [-0.2, -0.15) is 9.40 Å². The van der Waals surface area contributed by atoms with Crippen molar-refractivity contribution in [3.8, 4) is 0 Å². The Morgan fingerprint density at radius 2 is 1.79 bits per heavy atom. The summed E-state index contributed by atoms with van der Waals surface area (Å²) in [6, 6.07) is 4.39. The highest BCUT2D eigenvalue weighted by Crippen LogP contribution is 2.28. The average molecular weight is 514 g/mol. The maximum absolute atomic E-state index is 14.4. The Kier molecular flexibility index (Phi) is 7.76. The molecular formula is C22H29ClFN5O4S. The molecule has 12 heteroatoms. The number of ether oxygens (including phenoxy) is 1. The van der Waals surface area contributed by atoms with Crippen LogP contribution in [-0.2, 0) is 21.3 Å². The third-order valence-electron chi connectivity index (χ3n) is 6.13. The molecule has 2 fully saturated rings. The highest BCUT2D eigenvalue weighted by atomic mass is 35.5. The van der Waals surface area contributed by atoms with Crippen LogP contribution in [-0.4, -0.2) is 80.7 Å². The Bertz CT molecular complexity index is 1160. The van der Waals surface area contributed by atoms with E-state index in [0.717, 1.165) is 0 Å². The Hall–Kier alpha value is -2.21. The molecule has 1 aromatic heterocycles. The highest BCUT2D eigenvalue weighted by Gasteiger charge is 2.30. The molecule has 0 unspecified atom stereocenters. The first kappa shape index (κ1) is 24.9. The second-order valence-corrected chi connectivity index (χ2v) is 10.8. The smallest absolute Gasteiger partial charge is 0.292 e. The van der Waals surface area contributed by atoms with Crippen molar-refractivity contribution >= 4 is 33.0 Å². The number of rotatable bonds is 7. The van der Waals surface area contributed by atoms with Crippen LogP contribution in [0.25, 0.3) is 0 Å². The molecule has 0 N–H and O–H groups in total. The molecule has 0 spiro atoms. The molecule has 4 rings (SSSR count). The van der Waals surface area contributed by atoms with E-state index < -0.39 is 15.8 Å². The van der Waals surface area contributed by atoms with E-state index in [1.54, 1.807) is 12.3 Å². The van der Waals surface area contributed by atoms with Crippen LogP contribution < -0.4 is 15.4 Å². The lowest BCUT2D eigenvalue weighted by Crippen LogP contribution is -2.50. The van der Waals surface area contributed by atoms with Crippen LogP contribution in [0.15, 0.2) is 29.2 Å². The lowest BCUT2D eigenvalue weighted by atomic mass is 10.2. The van der Waals surface area contributed by atoms with Gasteiger partial charge in [0.05, 0.1) is 37.4 Å². The van der Waals surface area contributed by atoms with E-state index in [2.05, 4.69) is 5.10 Å². The summed E-state index contributed by atoms with van der Waals surface area (Å²) in [5, 5.41) is 4.56. The summed E-state index contributed by atoms with van der Waals surface area (Å²) in [6.45, 7) is 5.40. The molecule has 3 heterocycles. The second kappa shape index (κ2) is 10.6. The van der Waals surface area contributed by atoms with Crippen molar-refractivity contribution in [2.45, 2.75) is 19.9 Å². The van der Waals surface area contributed by atoms with Crippen LogP contribution in [0.1, 0.15) is 18.9 Å². The molecule has 9 nitrogen and oxygen atoms in total. The van der Waals surface area contributed by atoms with Crippen molar-refractivity contribution in [1.29, 1.82) is 0 Å². The Morgan fingerprint density at radius 3 is 2.44 bits per heavy atom. The summed E-state index contributed by atoms with van der Waals surface area (Å²) in [5.41, 5.74) is 0.972. The van der Waals surface area contributed by atoms with Crippen LogP contribution in [0.5, 0.6) is 0 Å². The van der Waals surface area contributed by atoms with Crippen molar-refractivity contribution in [1.82, 2.24) is 14.1 Å². The topological polar surface area (TPSA) is 88.0 Å². The van der Waals surface area contributed by atoms with Crippen LogP contribution in [0.4, 0.5) is 15.8 Å². The number of morpholine rings is 1. The van der Waals surface area contributed by atoms with Gasteiger partial charge < -0.3 is 14.5 Å². The van der Waals surface area contributed by atoms with Crippen LogP contribution in [0, 0.1) is 5.82 Å². The van der Waals surface area contributed by atoms with Crippen molar-refractivity contribution in [3.05, 3.63) is 51.2 Å². The molecule has 2 aliphatic heterocycles. The quantitative estimate of drug-likeness (QED) is 0.557. The summed E-state index contributed by atoms with van der Waals surface area (Å²) in [6.07, 6.45) is 2.18. The molecule has 2 aromatic rings. The Morgan fingerprint density at radius 1 is 1.09 bits per heavy atom. The molecule has 0 bridgehead atoms. The first-order chi connectivity index (χ1) is 16.3. The van der Waals surface area contributed by atoms with Crippen molar-refractivity contribution in [2.24, 2.45) is 0 Å². The third kappa shape index (κ3) is 5.22. The monoisotopic (exact) mass is 513 g/mol. The molecule has 2 saturated heterocycles. The normalized spacial score (nSPS) is 17.9. The van der Waals surface area contributed by atoms with Crippen molar-refractivity contribution in [2.75, 3.05) is 68.0 Å². The standard InChI is InChI=1S/C22H29ClFN5O4S/c1-2-14-34(31,32)28-8-6-26(7-9-28)20-15-25-29(16-17-18(23)4-3-5-19(17)24)22(30)21(20)27-10-12-33-13-11-27/h3-5,15H,2,6-14,16H2,1H3. The molecule has 0 saturated carbocycles. The zero-order valence-electron chi connectivity index (χ0n) is 19.1. The SMILES string of the molecule is CCCS(=O)(=O)N1CCN(c2cnn(Cc3c(F)cccc3Cl)c(=O)c2N2CCOCC2)CC1. The number of aromatic nitrogens is 2. The summed E-state index contributed by atoms with van der Waals surface area (Å²) in [7, 11) is -3.28. The number of hydrogen-bond acceptors (Lipinski definition) is 7. The van der Waals surface area contributed by atoms with E-state index in [1.807, 2.05) is 16.7 Å². The number of nitrogens with zero attached hydrogens (tertiary/aromatic N) is 5.